The van der Waals surface area contributed by atoms with Gasteiger partial charge in [-0.25, -0.2) is 0 Å². The van der Waals surface area contributed by atoms with E-state index in [1.807, 2.05) is 6.07 Å². The smallest absolute Gasteiger partial charge is 0.259 e. The van der Waals surface area contributed by atoms with Gasteiger partial charge < -0.3 is 9.40 Å². The second kappa shape index (κ2) is 3.09. The van der Waals surface area contributed by atoms with Crippen LogP contribution in [0.15, 0.2) is 27.6 Å². The Labute approximate surface area is 75.4 Å². The third-order valence-corrected chi connectivity index (χ3v) is 2.04. The molecule has 0 saturated heterocycles. The van der Waals surface area contributed by atoms with Crippen LogP contribution in [-0.4, -0.2) is 4.98 Å². The van der Waals surface area contributed by atoms with Gasteiger partial charge in [-0.1, -0.05) is 13.3 Å². The highest BCUT2D eigenvalue weighted by molar-refractivity contribution is 5.75. The van der Waals surface area contributed by atoms with Crippen molar-refractivity contribution in [1.82, 2.24) is 4.98 Å². The van der Waals surface area contributed by atoms with E-state index in [0.717, 1.165) is 18.5 Å². The summed E-state index contributed by atoms with van der Waals surface area (Å²) in [6.07, 6.45) is 3.43. The Morgan fingerprint density at radius 2 is 2.38 bits per heavy atom. The molecule has 0 amide bonds. The van der Waals surface area contributed by atoms with Crippen molar-refractivity contribution in [3.63, 3.8) is 0 Å². The molecule has 1 N–H and O–H groups in total. The van der Waals surface area contributed by atoms with Crippen LogP contribution in [0.2, 0.25) is 0 Å². The lowest BCUT2D eigenvalue weighted by Crippen LogP contribution is -2.07. The van der Waals surface area contributed by atoms with E-state index in [0.29, 0.717) is 11.0 Å². The van der Waals surface area contributed by atoms with Crippen LogP contribution in [0.1, 0.15) is 19.0 Å². The van der Waals surface area contributed by atoms with E-state index in [1.165, 1.54) is 6.26 Å². The number of aryl methyl sites for hydroxylation is 1. The Hall–Kier alpha value is -1.51. The number of H-pyrrole nitrogens is 1. The molecule has 2 aromatic heterocycles. The van der Waals surface area contributed by atoms with Crippen molar-refractivity contribution in [2.24, 2.45) is 0 Å². The first-order valence-corrected chi connectivity index (χ1v) is 4.40. The number of nitrogens with one attached hydrogen (secondary N) is 1. The van der Waals surface area contributed by atoms with Crippen LogP contribution in [-0.2, 0) is 6.42 Å². The van der Waals surface area contributed by atoms with E-state index in [1.54, 1.807) is 6.07 Å². The average Bonchev–Trinajstić information content (AvgIpc) is 2.53. The third-order valence-electron chi connectivity index (χ3n) is 2.04. The van der Waals surface area contributed by atoms with Gasteiger partial charge in [-0.2, -0.15) is 0 Å². The van der Waals surface area contributed by atoms with Crippen molar-refractivity contribution in [2.45, 2.75) is 19.8 Å². The molecule has 0 fully saturated rings. The summed E-state index contributed by atoms with van der Waals surface area (Å²) in [4.78, 5) is 14.2. The number of aromatic amines is 1. The molecule has 0 atom stereocenters. The van der Waals surface area contributed by atoms with Crippen molar-refractivity contribution < 1.29 is 4.42 Å². The minimum Gasteiger partial charge on any atom is -0.464 e. The zero-order valence-electron chi connectivity index (χ0n) is 7.46. The van der Waals surface area contributed by atoms with E-state index >= 15 is 0 Å². The molecule has 68 valence electrons. The highest BCUT2D eigenvalue weighted by Gasteiger charge is 2.02. The summed E-state index contributed by atoms with van der Waals surface area (Å²) >= 11 is 0. The van der Waals surface area contributed by atoms with Gasteiger partial charge in [-0.15, -0.1) is 0 Å². The molecule has 2 aromatic rings. The van der Waals surface area contributed by atoms with Gasteiger partial charge in [0, 0.05) is 11.8 Å². The van der Waals surface area contributed by atoms with Crippen LogP contribution in [0.4, 0.5) is 0 Å². The quantitative estimate of drug-likeness (QED) is 0.763. The fourth-order valence-corrected chi connectivity index (χ4v) is 1.43. The summed E-state index contributed by atoms with van der Waals surface area (Å²) in [6, 6.07) is 3.57. The van der Waals surface area contributed by atoms with Crippen LogP contribution in [0, 0.1) is 0 Å². The second-order valence-corrected chi connectivity index (χ2v) is 3.07. The van der Waals surface area contributed by atoms with E-state index < -0.39 is 0 Å². The number of pyridine rings is 1. The number of aromatic nitrogens is 1. The topological polar surface area (TPSA) is 46.0 Å². The SMILES string of the molecule is CCCc1cc2occc2c(=O)[nH]1. The minimum absolute atomic E-state index is 0.0605. The standard InChI is InChI=1S/C10H11NO2/c1-2-3-7-6-9-8(4-5-13-9)10(12)11-7/h4-6H,2-3H2,1H3,(H,11,12). The zero-order chi connectivity index (χ0) is 9.26. The van der Waals surface area contributed by atoms with Gasteiger partial charge >= 0.3 is 0 Å². The number of rotatable bonds is 2. The first kappa shape index (κ1) is 8.10. The van der Waals surface area contributed by atoms with Crippen molar-refractivity contribution in [1.29, 1.82) is 0 Å². The highest BCUT2D eigenvalue weighted by Crippen LogP contribution is 2.11. The number of hydrogen-bond acceptors (Lipinski definition) is 2. The summed E-state index contributed by atoms with van der Waals surface area (Å²) in [6.45, 7) is 2.07. The Balaban J connectivity index is 2.63. The molecule has 0 aliphatic rings. The lowest BCUT2D eigenvalue weighted by atomic mass is 10.2. The summed E-state index contributed by atoms with van der Waals surface area (Å²) in [5, 5.41) is 0.625. The van der Waals surface area contributed by atoms with Gasteiger partial charge in [0.05, 0.1) is 11.6 Å². The maximum atomic E-state index is 11.4. The van der Waals surface area contributed by atoms with Crippen LogP contribution in [0.3, 0.4) is 0 Å². The second-order valence-electron chi connectivity index (χ2n) is 3.07. The fourth-order valence-electron chi connectivity index (χ4n) is 1.43. The predicted octanol–water partition coefficient (Wildman–Crippen LogP) is 2.07. The maximum absolute atomic E-state index is 11.4. The molecule has 3 nitrogen and oxygen atoms in total. The van der Waals surface area contributed by atoms with Crippen LogP contribution in [0.25, 0.3) is 11.0 Å². The molecule has 3 heteroatoms. The van der Waals surface area contributed by atoms with Crippen molar-refractivity contribution in [2.75, 3.05) is 0 Å². The molecule has 0 unspecified atom stereocenters. The molecule has 0 aromatic carbocycles. The Bertz CT molecular complexity index is 467. The summed E-state index contributed by atoms with van der Waals surface area (Å²) in [7, 11) is 0. The molecule has 0 bridgehead atoms. The summed E-state index contributed by atoms with van der Waals surface area (Å²) < 4.78 is 5.17. The zero-order valence-corrected chi connectivity index (χ0v) is 7.46. The molecule has 0 spiro atoms. The molecule has 2 rings (SSSR count). The lowest BCUT2D eigenvalue weighted by Gasteiger charge is -1.97. The highest BCUT2D eigenvalue weighted by atomic mass is 16.3. The van der Waals surface area contributed by atoms with Gasteiger partial charge in [0.1, 0.15) is 5.58 Å². The molecule has 0 aliphatic carbocycles. The lowest BCUT2D eigenvalue weighted by molar-refractivity contribution is 0.614. The molecular weight excluding hydrogens is 166 g/mol. The Morgan fingerprint density at radius 3 is 3.15 bits per heavy atom. The largest absolute Gasteiger partial charge is 0.464 e. The average molecular weight is 177 g/mol. The Kier molecular flexibility index (Phi) is 1.93. The number of hydrogen-bond donors (Lipinski definition) is 1. The van der Waals surface area contributed by atoms with Crippen LogP contribution in [0.5, 0.6) is 0 Å². The van der Waals surface area contributed by atoms with Crippen molar-refractivity contribution in [3.8, 4) is 0 Å². The van der Waals surface area contributed by atoms with Gasteiger partial charge in [0.2, 0.25) is 0 Å². The molecule has 0 saturated carbocycles. The summed E-state index contributed by atoms with van der Waals surface area (Å²) in [5.41, 5.74) is 1.55. The summed E-state index contributed by atoms with van der Waals surface area (Å²) in [5.74, 6) is 0. The van der Waals surface area contributed by atoms with E-state index in [-0.39, 0.29) is 5.56 Å². The molecular formula is C10H11NO2. The van der Waals surface area contributed by atoms with E-state index in [2.05, 4.69) is 11.9 Å². The third kappa shape index (κ3) is 1.37. The fraction of sp³-hybridized carbons (Fsp3) is 0.300. The van der Waals surface area contributed by atoms with Gasteiger partial charge in [0.25, 0.3) is 5.56 Å². The first-order valence-electron chi connectivity index (χ1n) is 4.40. The first-order chi connectivity index (χ1) is 6.31. The molecule has 0 radical (unpaired) electrons. The number of furan rings is 1. The Morgan fingerprint density at radius 1 is 1.54 bits per heavy atom. The molecule has 13 heavy (non-hydrogen) atoms. The van der Waals surface area contributed by atoms with Crippen molar-refractivity contribution in [3.05, 3.63) is 34.4 Å². The van der Waals surface area contributed by atoms with E-state index in [4.69, 9.17) is 4.42 Å². The molecule has 0 aliphatic heterocycles. The van der Waals surface area contributed by atoms with Crippen LogP contribution >= 0.6 is 0 Å². The minimum atomic E-state index is -0.0605. The van der Waals surface area contributed by atoms with Crippen molar-refractivity contribution >= 4 is 11.0 Å². The maximum Gasteiger partial charge on any atom is 0.259 e. The monoisotopic (exact) mass is 177 g/mol. The molecule has 2 heterocycles. The van der Waals surface area contributed by atoms with Gasteiger partial charge in [0.15, 0.2) is 0 Å². The predicted molar refractivity (Wildman–Crippen MR) is 50.8 cm³/mol. The van der Waals surface area contributed by atoms with Crippen LogP contribution < -0.4 is 5.56 Å². The number of fused-ring (bicyclic) bond motifs is 1. The normalized spacial score (nSPS) is 10.8. The van der Waals surface area contributed by atoms with Gasteiger partial charge in [-0.05, 0) is 12.5 Å². The van der Waals surface area contributed by atoms with Gasteiger partial charge in [-0.3, -0.25) is 4.79 Å². The van der Waals surface area contributed by atoms with E-state index in [9.17, 15) is 4.79 Å².